The van der Waals surface area contributed by atoms with E-state index in [4.69, 9.17) is 10.5 Å². The van der Waals surface area contributed by atoms with Crippen molar-refractivity contribution in [2.24, 2.45) is 10.8 Å². The fourth-order valence-electron chi connectivity index (χ4n) is 1.29. The van der Waals surface area contributed by atoms with Crippen LogP contribution < -0.4 is 11.2 Å². The van der Waals surface area contributed by atoms with Gasteiger partial charge in [-0.25, -0.2) is 4.79 Å². The van der Waals surface area contributed by atoms with Gasteiger partial charge in [-0.3, -0.25) is 5.43 Å². The lowest BCUT2D eigenvalue weighted by Crippen LogP contribution is -2.25. The third-order valence-electron chi connectivity index (χ3n) is 1.96. The molecule has 0 saturated carbocycles. The number of nitrogens with one attached hydrogen (secondary N) is 1. The number of carbonyl (C=O) groups excluding carboxylic acids is 1. The van der Waals surface area contributed by atoms with E-state index in [1.807, 2.05) is 20.8 Å². The molecule has 0 amide bonds. The van der Waals surface area contributed by atoms with Crippen molar-refractivity contribution in [3.8, 4) is 0 Å². The summed E-state index contributed by atoms with van der Waals surface area (Å²) in [6.45, 7) is 5.45. The fraction of sp³-hybridized carbons (Fsp3) is 0.308. The van der Waals surface area contributed by atoms with Crippen LogP contribution in [0.5, 0.6) is 0 Å². The van der Waals surface area contributed by atoms with Crippen molar-refractivity contribution in [2.75, 3.05) is 0 Å². The Hall–Kier alpha value is -1.95. The van der Waals surface area contributed by atoms with Gasteiger partial charge in [-0.15, -0.1) is 0 Å². The number of esters is 1. The van der Waals surface area contributed by atoms with E-state index >= 15 is 0 Å². The minimum atomic E-state index is -0.543. The molecule has 3 N–H and O–H groups in total. The normalized spacial score (nSPS) is 11.3. The number of nitrogens with zero attached hydrogens (tertiary/aromatic N) is 1. The van der Waals surface area contributed by atoms with Crippen LogP contribution >= 0.6 is 12.2 Å². The number of hydrogen-bond donors (Lipinski definition) is 2. The lowest BCUT2D eigenvalue weighted by molar-refractivity contribution is 0.00694. The fourth-order valence-corrected chi connectivity index (χ4v) is 1.35. The molecule has 0 aliphatic heterocycles. The van der Waals surface area contributed by atoms with E-state index in [1.165, 1.54) is 6.21 Å². The summed E-state index contributed by atoms with van der Waals surface area (Å²) in [4.78, 5) is 12.0. The molecular formula is C13H17N3O2S. The number of ether oxygens (including phenoxy) is 1. The average molecular weight is 279 g/mol. The molecule has 0 spiro atoms. The maximum absolute atomic E-state index is 12.0. The topological polar surface area (TPSA) is 76.7 Å². The summed E-state index contributed by atoms with van der Waals surface area (Å²) >= 11 is 4.63. The van der Waals surface area contributed by atoms with Crippen LogP contribution in [-0.4, -0.2) is 22.9 Å². The molecule has 6 heteroatoms. The van der Waals surface area contributed by atoms with Crippen molar-refractivity contribution >= 4 is 29.5 Å². The number of benzene rings is 1. The van der Waals surface area contributed by atoms with Crippen molar-refractivity contribution in [1.82, 2.24) is 5.43 Å². The zero-order valence-corrected chi connectivity index (χ0v) is 12.0. The molecule has 0 aliphatic rings. The predicted molar refractivity (Wildman–Crippen MR) is 79.1 cm³/mol. The maximum atomic E-state index is 12.0. The van der Waals surface area contributed by atoms with Crippen molar-refractivity contribution in [3.05, 3.63) is 35.4 Å². The highest BCUT2D eigenvalue weighted by atomic mass is 32.1. The Balaban J connectivity index is 2.92. The summed E-state index contributed by atoms with van der Waals surface area (Å²) in [7, 11) is 0. The quantitative estimate of drug-likeness (QED) is 0.382. The van der Waals surface area contributed by atoms with Gasteiger partial charge in [0.1, 0.15) is 5.60 Å². The summed E-state index contributed by atoms with van der Waals surface area (Å²) in [5.74, 6) is -0.398. The number of hydrogen-bond acceptors (Lipinski definition) is 4. The Morgan fingerprint density at radius 3 is 2.63 bits per heavy atom. The first kappa shape index (κ1) is 15.1. The van der Waals surface area contributed by atoms with E-state index in [2.05, 4.69) is 22.7 Å². The van der Waals surface area contributed by atoms with Crippen LogP contribution in [0.3, 0.4) is 0 Å². The Morgan fingerprint density at radius 1 is 1.42 bits per heavy atom. The van der Waals surface area contributed by atoms with E-state index in [-0.39, 0.29) is 5.11 Å². The molecule has 0 aliphatic carbocycles. The minimum Gasteiger partial charge on any atom is -0.456 e. The van der Waals surface area contributed by atoms with Gasteiger partial charge in [-0.2, -0.15) is 5.10 Å². The maximum Gasteiger partial charge on any atom is 0.339 e. The number of carbonyl (C=O) groups is 1. The molecule has 1 aromatic carbocycles. The van der Waals surface area contributed by atoms with Crippen LogP contribution in [0.4, 0.5) is 0 Å². The van der Waals surface area contributed by atoms with E-state index < -0.39 is 11.6 Å². The summed E-state index contributed by atoms with van der Waals surface area (Å²) in [6, 6.07) is 6.99. The summed E-state index contributed by atoms with van der Waals surface area (Å²) in [5, 5.41) is 3.89. The highest BCUT2D eigenvalue weighted by Crippen LogP contribution is 2.14. The molecule has 0 unspecified atom stereocenters. The predicted octanol–water partition coefficient (Wildman–Crippen LogP) is 1.81. The standard InChI is InChI=1S/C13H17N3O2S/c1-13(2,3)18-11(17)10-7-5-4-6-9(10)8-15-16-12(14)19/h4-8H,1-3H3,(H3,14,16,19). The number of thiocarbonyl (C=S) groups is 1. The number of hydrazone groups is 1. The summed E-state index contributed by atoms with van der Waals surface area (Å²) in [6.07, 6.45) is 1.47. The molecule has 0 aromatic heterocycles. The molecule has 0 saturated heterocycles. The van der Waals surface area contributed by atoms with Crippen molar-refractivity contribution < 1.29 is 9.53 Å². The second-order valence-electron chi connectivity index (χ2n) is 4.82. The van der Waals surface area contributed by atoms with Gasteiger partial charge in [0.25, 0.3) is 0 Å². The highest BCUT2D eigenvalue weighted by Gasteiger charge is 2.19. The van der Waals surface area contributed by atoms with Gasteiger partial charge in [0.05, 0.1) is 11.8 Å². The van der Waals surface area contributed by atoms with E-state index in [9.17, 15) is 4.79 Å². The van der Waals surface area contributed by atoms with Gasteiger partial charge < -0.3 is 10.5 Å². The van der Waals surface area contributed by atoms with Crippen LogP contribution in [-0.2, 0) is 4.74 Å². The average Bonchev–Trinajstić information content (AvgIpc) is 2.26. The largest absolute Gasteiger partial charge is 0.456 e. The van der Waals surface area contributed by atoms with E-state index in [1.54, 1.807) is 24.3 Å². The molecule has 0 fully saturated rings. The molecule has 1 aromatic rings. The second kappa shape index (κ2) is 6.29. The van der Waals surface area contributed by atoms with Gasteiger partial charge in [0.2, 0.25) is 0 Å². The van der Waals surface area contributed by atoms with Gasteiger partial charge >= 0.3 is 5.97 Å². The first-order valence-corrected chi connectivity index (χ1v) is 6.11. The van der Waals surface area contributed by atoms with Gasteiger partial charge in [0, 0.05) is 5.56 Å². The Bertz CT molecular complexity index is 507. The van der Waals surface area contributed by atoms with Crippen LogP contribution in [0.25, 0.3) is 0 Å². The molecule has 5 nitrogen and oxygen atoms in total. The smallest absolute Gasteiger partial charge is 0.339 e. The van der Waals surface area contributed by atoms with Gasteiger partial charge in [-0.05, 0) is 39.1 Å². The monoisotopic (exact) mass is 279 g/mol. The lowest BCUT2D eigenvalue weighted by atomic mass is 10.1. The van der Waals surface area contributed by atoms with E-state index in [0.717, 1.165) is 0 Å². The number of nitrogens with two attached hydrogens (primary N) is 1. The SMILES string of the molecule is CC(C)(C)OC(=O)c1ccccc1C=NNC(N)=S. The molecule has 0 radical (unpaired) electrons. The second-order valence-corrected chi connectivity index (χ2v) is 5.26. The Labute approximate surface area is 117 Å². The molecular weight excluding hydrogens is 262 g/mol. The van der Waals surface area contributed by atoms with Crippen LogP contribution in [0, 0.1) is 0 Å². The number of rotatable bonds is 3. The van der Waals surface area contributed by atoms with Crippen molar-refractivity contribution in [3.63, 3.8) is 0 Å². The molecule has 0 atom stereocenters. The molecule has 1 rings (SSSR count). The van der Waals surface area contributed by atoms with E-state index in [0.29, 0.717) is 11.1 Å². The molecule has 19 heavy (non-hydrogen) atoms. The zero-order chi connectivity index (χ0) is 14.5. The van der Waals surface area contributed by atoms with Crippen LogP contribution in [0.2, 0.25) is 0 Å². The van der Waals surface area contributed by atoms with Crippen LogP contribution in [0.15, 0.2) is 29.4 Å². The zero-order valence-electron chi connectivity index (χ0n) is 11.1. The third kappa shape index (κ3) is 5.48. The molecule has 102 valence electrons. The Morgan fingerprint density at radius 2 is 2.05 bits per heavy atom. The first-order chi connectivity index (χ1) is 8.79. The minimum absolute atomic E-state index is 0.0611. The first-order valence-electron chi connectivity index (χ1n) is 5.70. The third-order valence-corrected chi connectivity index (χ3v) is 2.05. The van der Waals surface area contributed by atoms with Crippen molar-refractivity contribution in [2.45, 2.75) is 26.4 Å². The summed E-state index contributed by atoms with van der Waals surface area (Å²) in [5.41, 5.74) is 8.21. The molecule has 0 bridgehead atoms. The van der Waals surface area contributed by atoms with Gasteiger partial charge in [-0.1, -0.05) is 18.2 Å². The summed E-state index contributed by atoms with van der Waals surface area (Å²) < 4.78 is 5.32. The van der Waals surface area contributed by atoms with Gasteiger partial charge in [0.15, 0.2) is 5.11 Å². The van der Waals surface area contributed by atoms with Crippen LogP contribution in [0.1, 0.15) is 36.7 Å². The highest BCUT2D eigenvalue weighted by molar-refractivity contribution is 7.80. The van der Waals surface area contributed by atoms with Crippen molar-refractivity contribution in [1.29, 1.82) is 0 Å². The Kier molecular flexibility index (Phi) is 5.00. The lowest BCUT2D eigenvalue weighted by Gasteiger charge is -2.20. The molecule has 0 heterocycles.